The lowest BCUT2D eigenvalue weighted by Gasteiger charge is -2.33. The first-order valence-corrected chi connectivity index (χ1v) is 12.2. The Labute approximate surface area is 224 Å². The van der Waals surface area contributed by atoms with Gasteiger partial charge in [-0.15, -0.1) is 0 Å². The minimum atomic E-state index is -0.324. The Hall–Kier alpha value is -3.35. The fraction of sp³-hybridized carbons (Fsp3) is 0.292. The van der Waals surface area contributed by atoms with Gasteiger partial charge in [0, 0.05) is 43.8 Å². The molecule has 4 N–H and O–H groups in total. The smallest absolute Gasteiger partial charge is 0.241 e. The van der Waals surface area contributed by atoms with Crippen molar-refractivity contribution in [2.45, 2.75) is 0 Å². The zero-order chi connectivity index (χ0) is 26.7. The second-order valence-electron chi connectivity index (χ2n) is 8.67. The van der Waals surface area contributed by atoms with Crippen LogP contribution < -0.4 is 26.1 Å². The summed E-state index contributed by atoms with van der Waals surface area (Å²) in [5.41, 5.74) is 7.54. The summed E-state index contributed by atoms with van der Waals surface area (Å²) in [6.45, 7) is 2.65. The van der Waals surface area contributed by atoms with E-state index in [1.807, 2.05) is 36.0 Å². The fourth-order valence-electron chi connectivity index (χ4n) is 3.99. The number of nitrogens with two attached hydrogens (primary N) is 1. The monoisotopic (exact) mass is 545 g/mol. The van der Waals surface area contributed by atoms with E-state index in [0.717, 1.165) is 6.54 Å². The molecule has 1 saturated heterocycles. The van der Waals surface area contributed by atoms with Crippen LogP contribution >= 0.6 is 23.2 Å². The summed E-state index contributed by atoms with van der Waals surface area (Å²) in [4.78, 5) is 27.5. The lowest BCUT2D eigenvalue weighted by molar-refractivity contribution is -0.120. The van der Waals surface area contributed by atoms with Crippen molar-refractivity contribution < 1.29 is 10.0 Å². The maximum atomic E-state index is 12.8. The summed E-state index contributed by atoms with van der Waals surface area (Å²) in [5.74, 6) is 1.04. The highest BCUT2D eigenvalue weighted by molar-refractivity contribution is 6.36. The lowest BCUT2D eigenvalue weighted by Crippen LogP contribution is -2.49. The third kappa shape index (κ3) is 6.14. The van der Waals surface area contributed by atoms with E-state index in [4.69, 9.17) is 39.1 Å². The van der Waals surface area contributed by atoms with Crippen molar-refractivity contribution >= 4 is 57.9 Å². The number of halogens is 2. The summed E-state index contributed by atoms with van der Waals surface area (Å²) < 4.78 is 0. The van der Waals surface area contributed by atoms with Gasteiger partial charge >= 0.3 is 0 Å². The molecule has 3 aromatic rings. The highest BCUT2D eigenvalue weighted by Crippen LogP contribution is 2.37. The van der Waals surface area contributed by atoms with Crippen molar-refractivity contribution in [1.29, 1.82) is 0 Å². The van der Waals surface area contributed by atoms with Crippen molar-refractivity contribution in [1.82, 2.24) is 14.9 Å². The Morgan fingerprint density at radius 3 is 2.62 bits per heavy atom. The average molecular weight is 546 g/mol. The number of carbonyl (C=O) groups excluding carboxylic acids is 1. The van der Waals surface area contributed by atoms with Gasteiger partial charge < -0.3 is 31.3 Å². The molecular weight excluding hydrogens is 519 g/mol. The van der Waals surface area contributed by atoms with Gasteiger partial charge in [-0.05, 0) is 49.5 Å². The van der Waals surface area contributed by atoms with E-state index in [0.29, 0.717) is 64.8 Å². The highest BCUT2D eigenvalue weighted by atomic mass is 35.5. The molecule has 0 atom stereocenters. The molecule has 1 aromatic carbocycles. The second-order valence-corrected chi connectivity index (χ2v) is 9.51. The number of likely N-dealkylation sites (N-methyl/N-ethyl adjacent to an activating group) is 2. The number of piperazine rings is 1. The quantitative estimate of drug-likeness (QED) is 0.360. The van der Waals surface area contributed by atoms with E-state index in [-0.39, 0.29) is 22.6 Å². The van der Waals surface area contributed by atoms with Crippen LogP contribution in [0.15, 0.2) is 42.5 Å². The van der Waals surface area contributed by atoms with E-state index < -0.39 is 0 Å². The van der Waals surface area contributed by atoms with Gasteiger partial charge in [0.15, 0.2) is 5.82 Å². The van der Waals surface area contributed by atoms with Crippen LogP contribution in [0.3, 0.4) is 0 Å². The van der Waals surface area contributed by atoms with Crippen molar-refractivity contribution in [3.8, 4) is 11.3 Å². The van der Waals surface area contributed by atoms with E-state index in [9.17, 15) is 10.0 Å². The number of nitrogens with one attached hydrogen (secondary N) is 1. The first-order valence-electron chi connectivity index (χ1n) is 11.5. The number of amides is 1. The average Bonchev–Trinajstić information content (AvgIpc) is 2.84. The molecule has 37 heavy (non-hydrogen) atoms. The van der Waals surface area contributed by atoms with Crippen LogP contribution in [0.2, 0.25) is 10.0 Å². The van der Waals surface area contributed by atoms with Crippen molar-refractivity contribution in [3.05, 3.63) is 57.7 Å². The standard InChI is InChI=1S/C24H27Cl2N8O3/c1-31-11-12-33(22(35)14-31)18-6-8-21(30-23(18)16-4-3-15(25)13-17(16)26)32(2)10-9-28-20-7-5-19(34(36)37)24(27)29-20/h3-8,13,36H,9-12,14H2,1-2H3,(H3,27,28,29)/q-1. The van der Waals surface area contributed by atoms with Gasteiger partial charge in [0.05, 0.1) is 28.6 Å². The normalized spacial score (nSPS) is 14.1. The molecule has 0 aliphatic carbocycles. The molecule has 2 aromatic heterocycles. The number of carbonyl (C=O) groups is 1. The number of aromatic nitrogens is 2. The zero-order valence-corrected chi connectivity index (χ0v) is 21.9. The number of rotatable bonds is 8. The summed E-state index contributed by atoms with van der Waals surface area (Å²) in [7, 11) is 3.81. The second kappa shape index (κ2) is 11.4. The number of nitrogen functional groups attached to an aromatic ring is 1. The van der Waals surface area contributed by atoms with Crippen LogP contribution in [0.25, 0.3) is 11.3 Å². The van der Waals surface area contributed by atoms with E-state index >= 15 is 0 Å². The molecule has 3 heterocycles. The fourth-order valence-corrected chi connectivity index (χ4v) is 4.49. The van der Waals surface area contributed by atoms with Crippen LogP contribution in [0.5, 0.6) is 0 Å². The van der Waals surface area contributed by atoms with Gasteiger partial charge in [-0.1, -0.05) is 23.2 Å². The molecule has 0 bridgehead atoms. The molecule has 0 spiro atoms. The molecule has 1 aliphatic heterocycles. The van der Waals surface area contributed by atoms with Gasteiger partial charge in [0.25, 0.3) is 0 Å². The number of hydrogen-bond acceptors (Lipinski definition) is 10. The summed E-state index contributed by atoms with van der Waals surface area (Å²) in [5, 5.41) is 23.8. The predicted molar refractivity (Wildman–Crippen MR) is 148 cm³/mol. The predicted octanol–water partition coefficient (Wildman–Crippen LogP) is 3.55. The highest BCUT2D eigenvalue weighted by Gasteiger charge is 2.27. The Bertz CT molecular complexity index is 1290. The van der Waals surface area contributed by atoms with Crippen molar-refractivity contribution in [2.75, 3.05) is 72.9 Å². The van der Waals surface area contributed by atoms with E-state index in [2.05, 4.69) is 10.3 Å². The third-order valence-electron chi connectivity index (χ3n) is 6.00. The van der Waals surface area contributed by atoms with Crippen LogP contribution in [0, 0.1) is 5.21 Å². The number of nitrogens with zero attached hydrogens (tertiary/aromatic N) is 6. The number of anilines is 5. The molecule has 0 saturated carbocycles. The molecule has 4 rings (SSSR count). The molecule has 13 heteroatoms. The van der Waals surface area contributed by atoms with Crippen molar-refractivity contribution in [3.63, 3.8) is 0 Å². The Kier molecular flexibility index (Phi) is 8.20. The summed E-state index contributed by atoms with van der Waals surface area (Å²) in [6.07, 6.45) is 0. The molecule has 1 aliphatic rings. The Balaban J connectivity index is 1.56. The van der Waals surface area contributed by atoms with Gasteiger partial charge in [0.1, 0.15) is 11.6 Å². The molecule has 196 valence electrons. The lowest BCUT2D eigenvalue weighted by atomic mass is 10.1. The largest absolute Gasteiger partial charge is 0.733 e. The first-order chi connectivity index (χ1) is 17.6. The number of hydrogen-bond donors (Lipinski definition) is 3. The van der Waals surface area contributed by atoms with Crippen LogP contribution in [0.4, 0.5) is 28.8 Å². The molecule has 0 radical (unpaired) electrons. The molecule has 1 fully saturated rings. The minimum Gasteiger partial charge on any atom is -0.733 e. The van der Waals surface area contributed by atoms with Crippen LogP contribution in [0.1, 0.15) is 0 Å². The Morgan fingerprint density at radius 1 is 1.16 bits per heavy atom. The maximum absolute atomic E-state index is 12.8. The SMILES string of the molecule is CN1CCN(c2ccc(N(C)CCNc3ccc(N([O-])O)c(N)n3)nc2-c2ccc(Cl)cc2Cl)C(=O)C1. The number of pyridine rings is 2. The molecular formula is C24H27Cl2N8O3-. The van der Waals surface area contributed by atoms with Gasteiger partial charge in [-0.2, -0.15) is 0 Å². The molecule has 11 nitrogen and oxygen atoms in total. The van der Waals surface area contributed by atoms with Gasteiger partial charge in [-0.25, -0.2) is 9.97 Å². The summed E-state index contributed by atoms with van der Waals surface area (Å²) >= 11 is 12.7. The third-order valence-corrected chi connectivity index (χ3v) is 6.55. The maximum Gasteiger partial charge on any atom is 0.241 e. The topological polar surface area (TPSA) is 137 Å². The number of benzene rings is 1. The van der Waals surface area contributed by atoms with E-state index in [1.54, 1.807) is 29.2 Å². The zero-order valence-electron chi connectivity index (χ0n) is 20.4. The molecule has 0 unspecified atom stereocenters. The Morgan fingerprint density at radius 2 is 1.95 bits per heavy atom. The van der Waals surface area contributed by atoms with Gasteiger partial charge in [-0.3, -0.25) is 14.9 Å². The molecule has 1 amide bonds. The van der Waals surface area contributed by atoms with Crippen molar-refractivity contribution in [2.24, 2.45) is 0 Å². The van der Waals surface area contributed by atoms with Crippen LogP contribution in [-0.2, 0) is 4.79 Å². The summed E-state index contributed by atoms with van der Waals surface area (Å²) in [6, 6.07) is 11.9. The van der Waals surface area contributed by atoms with Gasteiger partial charge in [0.2, 0.25) is 5.91 Å². The minimum absolute atomic E-state index is 0.00807. The van der Waals surface area contributed by atoms with E-state index in [1.165, 1.54) is 6.07 Å². The van der Waals surface area contributed by atoms with Crippen LogP contribution in [-0.4, -0.2) is 72.8 Å². The first kappa shape index (κ1) is 26.7.